The second-order valence-corrected chi connectivity index (χ2v) is 4.35. The highest BCUT2D eigenvalue weighted by atomic mass is 35.5. The number of rotatable bonds is 7. The Kier molecular flexibility index (Phi) is 6.37. The van der Waals surface area contributed by atoms with Crippen LogP contribution in [0.1, 0.15) is 10.4 Å². The molecule has 1 unspecified atom stereocenters. The summed E-state index contributed by atoms with van der Waals surface area (Å²) in [5.41, 5.74) is 0.00485. The van der Waals surface area contributed by atoms with E-state index in [-0.39, 0.29) is 34.8 Å². The molecule has 0 aliphatic carbocycles. The van der Waals surface area contributed by atoms with E-state index in [9.17, 15) is 14.9 Å². The number of carbonyl (C=O) groups is 1. The molecule has 1 atom stereocenters. The molecule has 0 aliphatic heterocycles. The molecule has 0 saturated carbocycles. The first-order valence-electron chi connectivity index (χ1n) is 5.73. The Labute approximate surface area is 121 Å². The van der Waals surface area contributed by atoms with Crippen LogP contribution in [0.3, 0.4) is 0 Å². The highest BCUT2D eigenvalue weighted by molar-refractivity contribution is 6.33. The van der Waals surface area contributed by atoms with E-state index in [1.165, 1.54) is 32.4 Å². The first kappa shape index (κ1) is 16.4. The molecule has 1 rings (SSSR count). The van der Waals surface area contributed by atoms with Crippen molar-refractivity contribution in [2.75, 3.05) is 27.4 Å². The van der Waals surface area contributed by atoms with Gasteiger partial charge in [-0.3, -0.25) is 14.9 Å². The van der Waals surface area contributed by atoms with Crippen molar-refractivity contribution in [2.24, 2.45) is 0 Å². The number of nitro groups is 1. The molecule has 0 heterocycles. The van der Waals surface area contributed by atoms with Gasteiger partial charge in [0.05, 0.1) is 17.6 Å². The molecule has 1 amide bonds. The van der Waals surface area contributed by atoms with E-state index in [1.807, 2.05) is 0 Å². The minimum Gasteiger partial charge on any atom is -0.382 e. The first-order chi connectivity index (χ1) is 9.49. The van der Waals surface area contributed by atoms with Gasteiger partial charge in [-0.2, -0.15) is 0 Å². The predicted octanol–water partition coefficient (Wildman–Crippen LogP) is 1.64. The van der Waals surface area contributed by atoms with Crippen LogP contribution in [0.25, 0.3) is 0 Å². The molecule has 0 fully saturated rings. The van der Waals surface area contributed by atoms with E-state index in [2.05, 4.69) is 5.32 Å². The molecule has 0 aromatic heterocycles. The van der Waals surface area contributed by atoms with Crippen molar-refractivity contribution in [2.45, 2.75) is 6.10 Å². The summed E-state index contributed by atoms with van der Waals surface area (Å²) >= 11 is 5.74. The van der Waals surface area contributed by atoms with Crippen molar-refractivity contribution in [1.29, 1.82) is 0 Å². The molecule has 1 aromatic carbocycles. The highest BCUT2D eigenvalue weighted by Gasteiger charge is 2.16. The van der Waals surface area contributed by atoms with Crippen LogP contribution < -0.4 is 5.32 Å². The molecule has 0 radical (unpaired) electrons. The lowest BCUT2D eigenvalue weighted by molar-refractivity contribution is -0.384. The van der Waals surface area contributed by atoms with Crippen molar-refractivity contribution in [1.82, 2.24) is 5.32 Å². The minimum atomic E-state index is -0.608. The molecule has 0 aliphatic rings. The van der Waals surface area contributed by atoms with E-state index in [4.69, 9.17) is 21.1 Å². The van der Waals surface area contributed by atoms with Gasteiger partial charge in [-0.15, -0.1) is 0 Å². The molecule has 110 valence electrons. The van der Waals surface area contributed by atoms with Gasteiger partial charge in [0, 0.05) is 32.4 Å². The van der Waals surface area contributed by atoms with Crippen LogP contribution in [0.5, 0.6) is 0 Å². The SMILES string of the molecule is COCC(CNC(=O)c1ccc([N+](=O)[O-])c(Cl)c1)OC. The lowest BCUT2D eigenvalue weighted by Gasteiger charge is -2.15. The average molecular weight is 303 g/mol. The Balaban J connectivity index is 2.68. The van der Waals surface area contributed by atoms with E-state index < -0.39 is 4.92 Å². The van der Waals surface area contributed by atoms with E-state index in [1.54, 1.807) is 0 Å². The number of benzene rings is 1. The molecule has 0 saturated heterocycles. The van der Waals surface area contributed by atoms with Crippen molar-refractivity contribution in [3.63, 3.8) is 0 Å². The zero-order valence-electron chi connectivity index (χ0n) is 11.1. The van der Waals surface area contributed by atoms with Gasteiger partial charge in [-0.1, -0.05) is 11.6 Å². The first-order valence-corrected chi connectivity index (χ1v) is 6.11. The van der Waals surface area contributed by atoms with E-state index in [0.717, 1.165) is 0 Å². The number of nitro benzene ring substituents is 1. The second kappa shape index (κ2) is 7.78. The summed E-state index contributed by atoms with van der Waals surface area (Å²) in [6, 6.07) is 3.80. The molecule has 1 N–H and O–H groups in total. The number of hydrogen-bond donors (Lipinski definition) is 1. The van der Waals surface area contributed by atoms with Gasteiger partial charge < -0.3 is 14.8 Å². The van der Waals surface area contributed by atoms with Gasteiger partial charge >= 0.3 is 0 Å². The Morgan fingerprint density at radius 1 is 1.50 bits per heavy atom. The van der Waals surface area contributed by atoms with Crippen LogP contribution in [0.4, 0.5) is 5.69 Å². The summed E-state index contributed by atoms with van der Waals surface area (Å²) in [7, 11) is 3.04. The fourth-order valence-electron chi connectivity index (χ4n) is 1.50. The normalized spacial score (nSPS) is 11.9. The molecule has 0 bridgehead atoms. The third kappa shape index (κ3) is 4.44. The highest BCUT2D eigenvalue weighted by Crippen LogP contribution is 2.24. The Bertz CT molecular complexity index is 495. The number of halogens is 1. The lowest BCUT2D eigenvalue weighted by atomic mass is 10.2. The van der Waals surface area contributed by atoms with Gasteiger partial charge in [0.25, 0.3) is 11.6 Å². The lowest BCUT2D eigenvalue weighted by Crippen LogP contribution is -2.35. The average Bonchev–Trinajstić information content (AvgIpc) is 2.42. The summed E-state index contributed by atoms with van der Waals surface area (Å²) in [4.78, 5) is 21.9. The van der Waals surface area contributed by atoms with Crippen LogP contribution in [-0.2, 0) is 9.47 Å². The maximum atomic E-state index is 11.9. The summed E-state index contributed by atoms with van der Waals surface area (Å²) in [6.07, 6.45) is -0.266. The topological polar surface area (TPSA) is 90.7 Å². The summed E-state index contributed by atoms with van der Waals surface area (Å²) in [6.45, 7) is 0.607. The molecular formula is C12H15ClN2O5. The van der Waals surface area contributed by atoms with Crippen molar-refractivity contribution >= 4 is 23.2 Å². The number of amides is 1. The quantitative estimate of drug-likeness (QED) is 0.611. The molecule has 8 heteroatoms. The maximum absolute atomic E-state index is 11.9. The molecular weight excluding hydrogens is 288 g/mol. The number of nitrogens with one attached hydrogen (secondary N) is 1. The number of methoxy groups -OCH3 is 2. The summed E-state index contributed by atoms with van der Waals surface area (Å²) in [5.74, 6) is -0.389. The van der Waals surface area contributed by atoms with Gasteiger partial charge in [-0.05, 0) is 12.1 Å². The zero-order chi connectivity index (χ0) is 15.1. The fraction of sp³-hybridized carbons (Fsp3) is 0.417. The number of carbonyl (C=O) groups excluding carboxylic acids is 1. The Hall–Kier alpha value is -1.70. The minimum absolute atomic E-state index is 0.0807. The van der Waals surface area contributed by atoms with Gasteiger partial charge in [0.2, 0.25) is 0 Å². The Morgan fingerprint density at radius 3 is 2.70 bits per heavy atom. The van der Waals surface area contributed by atoms with Crippen LogP contribution in [0.15, 0.2) is 18.2 Å². The second-order valence-electron chi connectivity index (χ2n) is 3.95. The van der Waals surface area contributed by atoms with Gasteiger partial charge in [0.1, 0.15) is 5.02 Å². The fourth-order valence-corrected chi connectivity index (χ4v) is 1.75. The zero-order valence-corrected chi connectivity index (χ0v) is 11.8. The van der Waals surface area contributed by atoms with Crippen LogP contribution >= 0.6 is 11.6 Å². The largest absolute Gasteiger partial charge is 0.382 e. The monoisotopic (exact) mass is 302 g/mol. The van der Waals surface area contributed by atoms with Crippen molar-refractivity contribution in [3.05, 3.63) is 38.9 Å². The maximum Gasteiger partial charge on any atom is 0.287 e. The van der Waals surface area contributed by atoms with Gasteiger partial charge in [-0.25, -0.2) is 0 Å². The van der Waals surface area contributed by atoms with Crippen LogP contribution in [-0.4, -0.2) is 44.3 Å². The van der Waals surface area contributed by atoms with Gasteiger partial charge in [0.15, 0.2) is 0 Å². The van der Waals surface area contributed by atoms with Crippen molar-refractivity contribution < 1.29 is 19.2 Å². The number of nitrogens with zero attached hydrogens (tertiary/aromatic N) is 1. The Morgan fingerprint density at radius 2 is 2.20 bits per heavy atom. The smallest absolute Gasteiger partial charge is 0.287 e. The molecule has 0 spiro atoms. The van der Waals surface area contributed by atoms with E-state index >= 15 is 0 Å². The van der Waals surface area contributed by atoms with Crippen LogP contribution in [0.2, 0.25) is 5.02 Å². The predicted molar refractivity (Wildman–Crippen MR) is 73.1 cm³/mol. The van der Waals surface area contributed by atoms with E-state index in [0.29, 0.717) is 6.61 Å². The molecule has 1 aromatic rings. The third-order valence-electron chi connectivity index (χ3n) is 2.58. The molecule has 7 nitrogen and oxygen atoms in total. The van der Waals surface area contributed by atoms with Crippen molar-refractivity contribution in [3.8, 4) is 0 Å². The number of hydrogen-bond acceptors (Lipinski definition) is 5. The number of ether oxygens (including phenoxy) is 2. The van der Waals surface area contributed by atoms with Crippen LogP contribution in [0, 0.1) is 10.1 Å². The third-order valence-corrected chi connectivity index (χ3v) is 2.89. The summed E-state index contributed by atoms with van der Waals surface area (Å²) < 4.78 is 10.0. The molecule has 20 heavy (non-hydrogen) atoms. The summed E-state index contributed by atoms with van der Waals surface area (Å²) in [5, 5.41) is 13.2. The standard InChI is InChI=1S/C12H15ClN2O5/c1-19-7-9(20-2)6-14-12(16)8-3-4-11(15(17)18)10(13)5-8/h3-5,9H,6-7H2,1-2H3,(H,14,16).